The summed E-state index contributed by atoms with van der Waals surface area (Å²) in [6.07, 6.45) is 0.675. The molecule has 0 aliphatic carbocycles. The van der Waals surface area contributed by atoms with Crippen molar-refractivity contribution in [3.8, 4) is 0 Å². The third-order valence-corrected chi connectivity index (χ3v) is 3.91. The highest BCUT2D eigenvalue weighted by Gasteiger charge is 2.19. The standard InChI is InChI=1S/C14H18Cl2N4/c1-3-20-10(7-9(2)19-20)8-13(18-17)14-11(15)5-4-6-12(14)16/h4-7,13,18H,3,8,17H2,1-2H3. The third-order valence-electron chi connectivity index (χ3n) is 3.25. The van der Waals surface area contributed by atoms with E-state index in [1.165, 1.54) is 0 Å². The molecule has 4 nitrogen and oxygen atoms in total. The number of halogens is 2. The zero-order valence-corrected chi connectivity index (χ0v) is 13.0. The fourth-order valence-electron chi connectivity index (χ4n) is 2.33. The van der Waals surface area contributed by atoms with Crippen molar-refractivity contribution in [3.05, 3.63) is 51.3 Å². The van der Waals surface area contributed by atoms with Crippen molar-refractivity contribution in [1.82, 2.24) is 15.2 Å². The molecule has 20 heavy (non-hydrogen) atoms. The molecule has 1 atom stereocenters. The molecule has 6 heteroatoms. The first-order valence-electron chi connectivity index (χ1n) is 6.50. The van der Waals surface area contributed by atoms with Crippen molar-refractivity contribution in [1.29, 1.82) is 0 Å². The minimum absolute atomic E-state index is 0.155. The highest BCUT2D eigenvalue weighted by atomic mass is 35.5. The number of hydrazine groups is 1. The predicted molar refractivity (Wildman–Crippen MR) is 82.9 cm³/mol. The van der Waals surface area contributed by atoms with Crippen LogP contribution in [0.25, 0.3) is 0 Å². The van der Waals surface area contributed by atoms with Gasteiger partial charge in [-0.1, -0.05) is 29.3 Å². The van der Waals surface area contributed by atoms with Gasteiger partial charge < -0.3 is 0 Å². The lowest BCUT2D eigenvalue weighted by Crippen LogP contribution is -2.30. The molecule has 0 spiro atoms. The van der Waals surface area contributed by atoms with Gasteiger partial charge >= 0.3 is 0 Å². The van der Waals surface area contributed by atoms with Crippen molar-refractivity contribution in [2.45, 2.75) is 32.9 Å². The summed E-state index contributed by atoms with van der Waals surface area (Å²) in [5, 5.41) is 5.66. The molecule has 0 amide bonds. The Kier molecular flexibility index (Phi) is 5.05. The van der Waals surface area contributed by atoms with E-state index in [9.17, 15) is 0 Å². The van der Waals surface area contributed by atoms with Crippen molar-refractivity contribution >= 4 is 23.2 Å². The number of benzene rings is 1. The van der Waals surface area contributed by atoms with E-state index in [2.05, 4.69) is 23.5 Å². The first kappa shape index (κ1) is 15.3. The maximum absolute atomic E-state index is 6.25. The Bertz CT molecular complexity index is 575. The summed E-state index contributed by atoms with van der Waals surface area (Å²) >= 11 is 12.5. The first-order chi connectivity index (χ1) is 9.56. The third kappa shape index (κ3) is 3.15. The zero-order chi connectivity index (χ0) is 14.7. The normalized spacial score (nSPS) is 12.7. The molecule has 108 valence electrons. The average Bonchev–Trinajstić information content (AvgIpc) is 2.77. The van der Waals surface area contributed by atoms with Crippen LogP contribution >= 0.6 is 23.2 Å². The van der Waals surface area contributed by atoms with Gasteiger partial charge in [-0.25, -0.2) is 0 Å². The highest BCUT2D eigenvalue weighted by Crippen LogP contribution is 2.31. The van der Waals surface area contributed by atoms with Crippen LogP contribution in [-0.2, 0) is 13.0 Å². The first-order valence-corrected chi connectivity index (χ1v) is 7.25. The van der Waals surface area contributed by atoms with Crippen LogP contribution < -0.4 is 11.3 Å². The largest absolute Gasteiger partial charge is 0.271 e. The Morgan fingerprint density at radius 2 is 2.00 bits per heavy atom. The highest BCUT2D eigenvalue weighted by molar-refractivity contribution is 6.36. The number of nitrogens with one attached hydrogen (secondary N) is 1. The van der Waals surface area contributed by atoms with Gasteiger partial charge in [0.25, 0.3) is 0 Å². The number of hydrogen-bond donors (Lipinski definition) is 2. The predicted octanol–water partition coefficient (Wildman–Crippen LogP) is 3.27. The van der Waals surface area contributed by atoms with Crippen LogP contribution in [0.1, 0.15) is 29.9 Å². The minimum Gasteiger partial charge on any atom is -0.271 e. The van der Waals surface area contributed by atoms with E-state index in [4.69, 9.17) is 29.0 Å². The van der Waals surface area contributed by atoms with E-state index < -0.39 is 0 Å². The van der Waals surface area contributed by atoms with Crippen LogP contribution in [0.15, 0.2) is 24.3 Å². The fraction of sp³-hybridized carbons (Fsp3) is 0.357. The van der Waals surface area contributed by atoms with E-state index in [-0.39, 0.29) is 6.04 Å². The molecule has 1 aromatic carbocycles. The summed E-state index contributed by atoms with van der Waals surface area (Å²) in [6.45, 7) is 4.85. The van der Waals surface area contributed by atoms with E-state index >= 15 is 0 Å². The van der Waals surface area contributed by atoms with Crippen molar-refractivity contribution in [2.75, 3.05) is 0 Å². The van der Waals surface area contributed by atoms with Gasteiger partial charge in [0.05, 0.1) is 11.7 Å². The number of aromatic nitrogens is 2. The lowest BCUT2D eigenvalue weighted by atomic mass is 10.0. The summed E-state index contributed by atoms with van der Waals surface area (Å²) in [6, 6.07) is 7.35. The molecule has 3 N–H and O–H groups in total. The second-order valence-electron chi connectivity index (χ2n) is 4.65. The van der Waals surface area contributed by atoms with Crippen LogP contribution in [0.4, 0.5) is 0 Å². The van der Waals surface area contributed by atoms with Gasteiger partial charge in [-0.3, -0.25) is 16.0 Å². The van der Waals surface area contributed by atoms with Crippen molar-refractivity contribution in [2.24, 2.45) is 5.84 Å². The lowest BCUT2D eigenvalue weighted by molar-refractivity contribution is 0.517. The number of rotatable bonds is 5. The van der Waals surface area contributed by atoms with Gasteiger partial charge in [-0.05, 0) is 32.0 Å². The van der Waals surface area contributed by atoms with Crippen LogP contribution in [0.5, 0.6) is 0 Å². The van der Waals surface area contributed by atoms with Crippen LogP contribution in [-0.4, -0.2) is 9.78 Å². The Hall–Kier alpha value is -1.07. The van der Waals surface area contributed by atoms with Gasteiger partial charge in [-0.15, -0.1) is 0 Å². The quantitative estimate of drug-likeness (QED) is 0.658. The number of nitrogens with zero attached hydrogens (tertiary/aromatic N) is 2. The molecule has 1 aromatic heterocycles. The van der Waals surface area contributed by atoms with Crippen molar-refractivity contribution < 1.29 is 0 Å². The molecular weight excluding hydrogens is 295 g/mol. The molecule has 0 saturated carbocycles. The lowest BCUT2D eigenvalue weighted by Gasteiger charge is -2.19. The Morgan fingerprint density at radius 3 is 2.55 bits per heavy atom. The molecule has 0 fully saturated rings. The molecule has 0 saturated heterocycles. The monoisotopic (exact) mass is 312 g/mol. The molecule has 0 radical (unpaired) electrons. The number of hydrogen-bond acceptors (Lipinski definition) is 3. The molecule has 0 aliphatic heterocycles. The maximum Gasteiger partial charge on any atom is 0.0596 e. The van der Waals surface area contributed by atoms with Crippen molar-refractivity contribution in [3.63, 3.8) is 0 Å². The van der Waals surface area contributed by atoms with Gasteiger partial charge in [0.15, 0.2) is 0 Å². The zero-order valence-electron chi connectivity index (χ0n) is 11.5. The van der Waals surface area contributed by atoms with Crippen LogP contribution in [0, 0.1) is 6.92 Å². The molecule has 0 aliphatic rings. The maximum atomic E-state index is 6.25. The van der Waals surface area contributed by atoms with E-state index in [1.807, 2.05) is 29.8 Å². The average molecular weight is 313 g/mol. The van der Waals surface area contributed by atoms with E-state index in [0.29, 0.717) is 16.5 Å². The topological polar surface area (TPSA) is 55.9 Å². The Balaban J connectivity index is 2.33. The number of aryl methyl sites for hydroxylation is 2. The van der Waals surface area contributed by atoms with E-state index in [0.717, 1.165) is 23.5 Å². The molecule has 2 rings (SSSR count). The summed E-state index contributed by atoms with van der Waals surface area (Å²) in [4.78, 5) is 0. The van der Waals surface area contributed by atoms with Gasteiger partial charge in [0.1, 0.15) is 0 Å². The molecule has 0 bridgehead atoms. The second-order valence-corrected chi connectivity index (χ2v) is 5.47. The summed E-state index contributed by atoms with van der Waals surface area (Å²) in [5.74, 6) is 5.69. The second kappa shape index (κ2) is 6.59. The number of nitrogens with two attached hydrogens (primary N) is 1. The smallest absolute Gasteiger partial charge is 0.0596 e. The minimum atomic E-state index is -0.155. The van der Waals surface area contributed by atoms with Gasteiger partial charge in [0.2, 0.25) is 0 Å². The summed E-state index contributed by atoms with van der Waals surface area (Å²) in [7, 11) is 0. The SMILES string of the molecule is CCn1nc(C)cc1CC(NN)c1c(Cl)cccc1Cl. The fourth-order valence-corrected chi connectivity index (χ4v) is 3.00. The summed E-state index contributed by atoms with van der Waals surface area (Å²) < 4.78 is 1.96. The van der Waals surface area contributed by atoms with Crippen LogP contribution in [0.2, 0.25) is 10.0 Å². The Morgan fingerprint density at radius 1 is 1.35 bits per heavy atom. The molecular formula is C14H18Cl2N4. The van der Waals surface area contributed by atoms with E-state index in [1.54, 1.807) is 0 Å². The molecule has 1 heterocycles. The van der Waals surface area contributed by atoms with Gasteiger partial charge in [0, 0.05) is 34.3 Å². The Labute approximate surface area is 128 Å². The van der Waals surface area contributed by atoms with Gasteiger partial charge in [-0.2, -0.15) is 5.10 Å². The van der Waals surface area contributed by atoms with Crippen LogP contribution in [0.3, 0.4) is 0 Å². The molecule has 1 unspecified atom stereocenters. The molecule has 2 aromatic rings. The summed E-state index contributed by atoms with van der Waals surface area (Å²) in [5.41, 5.74) is 5.71.